The molecule has 0 amide bonds. The zero-order valence-corrected chi connectivity index (χ0v) is 12.8. The summed E-state index contributed by atoms with van der Waals surface area (Å²) in [5.74, 6) is -0.558. The first-order chi connectivity index (χ1) is 10.5. The summed E-state index contributed by atoms with van der Waals surface area (Å²) in [6, 6.07) is 6.81. The quantitative estimate of drug-likeness (QED) is 0.864. The van der Waals surface area contributed by atoms with Crippen LogP contribution in [0, 0.1) is 0 Å². The Morgan fingerprint density at radius 1 is 1.41 bits per heavy atom. The second-order valence-corrected chi connectivity index (χ2v) is 6.86. The van der Waals surface area contributed by atoms with E-state index in [1.165, 1.54) is 17.5 Å². The lowest BCUT2D eigenvalue weighted by Crippen LogP contribution is -2.44. The number of sulfonamides is 1. The highest BCUT2D eigenvalue weighted by Crippen LogP contribution is 2.24. The third-order valence-electron chi connectivity index (χ3n) is 3.79. The van der Waals surface area contributed by atoms with E-state index in [0.717, 1.165) is 21.9 Å². The number of hydrogen-bond donors (Lipinski definition) is 1. The summed E-state index contributed by atoms with van der Waals surface area (Å²) < 4.78 is 30.0. The number of benzene rings is 1. The second-order valence-electron chi connectivity index (χ2n) is 5.09. The van der Waals surface area contributed by atoms with Crippen LogP contribution in [0.1, 0.15) is 5.56 Å². The fourth-order valence-corrected chi connectivity index (χ4v) is 4.00. The molecule has 0 saturated carbocycles. The maximum absolute atomic E-state index is 12.1. The summed E-state index contributed by atoms with van der Waals surface area (Å²) in [6.07, 6.45) is 3.59. The lowest BCUT2D eigenvalue weighted by molar-refractivity contribution is -0.144. The number of esters is 1. The van der Waals surface area contributed by atoms with E-state index in [4.69, 9.17) is 4.74 Å². The molecule has 0 saturated heterocycles. The number of aromatic nitrogens is 1. The highest BCUT2D eigenvalue weighted by molar-refractivity contribution is 7.92. The molecule has 0 aliphatic carbocycles. The molecule has 1 aliphatic heterocycles. The molecule has 22 heavy (non-hydrogen) atoms. The Kier molecular flexibility index (Phi) is 3.76. The number of carbonyl (C=O) groups is 1. The van der Waals surface area contributed by atoms with Crippen molar-refractivity contribution in [3.63, 3.8) is 0 Å². The van der Waals surface area contributed by atoms with E-state index in [2.05, 4.69) is 4.98 Å². The van der Waals surface area contributed by atoms with E-state index >= 15 is 0 Å². The van der Waals surface area contributed by atoms with E-state index in [9.17, 15) is 13.2 Å². The van der Waals surface area contributed by atoms with Gasteiger partial charge in [-0.15, -0.1) is 0 Å². The topological polar surface area (TPSA) is 79.5 Å². The highest BCUT2D eigenvalue weighted by atomic mass is 32.2. The zero-order valence-electron chi connectivity index (χ0n) is 12.0. The molecule has 3 rings (SSSR count). The summed E-state index contributed by atoms with van der Waals surface area (Å²) in [7, 11) is -2.29. The fraction of sp³-hybridized carbons (Fsp3) is 0.267. The first kappa shape index (κ1) is 14.8. The van der Waals surface area contributed by atoms with Crippen molar-refractivity contribution in [1.29, 1.82) is 0 Å². The molecule has 1 aliphatic rings. The summed E-state index contributed by atoms with van der Waals surface area (Å²) in [4.78, 5) is 15.2. The van der Waals surface area contributed by atoms with Crippen molar-refractivity contribution in [3.8, 4) is 0 Å². The smallest absolute Gasteiger partial charge is 0.324 e. The standard InChI is InChI=1S/C15H16N2O4S/c1-21-15(18)14(17-7-4-8-22(17,19)20)9-11-10-16-13-6-3-2-5-12(11)13/h2-6,8,10,14,16H,7,9H2,1H3/t14-/m0/s1. The third kappa shape index (κ3) is 2.53. The molecular weight excluding hydrogens is 304 g/mol. The number of nitrogens with zero attached hydrogens (tertiary/aromatic N) is 1. The van der Waals surface area contributed by atoms with Crippen molar-refractivity contribution < 1.29 is 17.9 Å². The van der Waals surface area contributed by atoms with Crippen LogP contribution in [0.4, 0.5) is 0 Å². The van der Waals surface area contributed by atoms with Crippen LogP contribution in [0.15, 0.2) is 41.9 Å². The molecule has 2 heterocycles. The molecule has 6 nitrogen and oxygen atoms in total. The zero-order chi connectivity index (χ0) is 15.7. The van der Waals surface area contributed by atoms with Gasteiger partial charge in [-0.2, -0.15) is 4.31 Å². The molecule has 7 heteroatoms. The van der Waals surface area contributed by atoms with E-state index in [0.29, 0.717) is 0 Å². The Balaban J connectivity index is 1.96. The van der Waals surface area contributed by atoms with Crippen LogP contribution in [0.2, 0.25) is 0 Å². The number of fused-ring (bicyclic) bond motifs is 1. The minimum Gasteiger partial charge on any atom is -0.468 e. The predicted molar refractivity (Wildman–Crippen MR) is 82.6 cm³/mol. The van der Waals surface area contributed by atoms with Crippen LogP contribution >= 0.6 is 0 Å². The van der Waals surface area contributed by atoms with E-state index < -0.39 is 22.0 Å². The summed E-state index contributed by atoms with van der Waals surface area (Å²) in [5, 5.41) is 2.10. The van der Waals surface area contributed by atoms with Crippen molar-refractivity contribution in [2.24, 2.45) is 0 Å². The molecule has 0 unspecified atom stereocenters. The van der Waals surface area contributed by atoms with Gasteiger partial charge in [0.05, 0.1) is 7.11 Å². The first-order valence-electron chi connectivity index (χ1n) is 6.84. The van der Waals surface area contributed by atoms with Crippen LogP contribution in [0.25, 0.3) is 10.9 Å². The van der Waals surface area contributed by atoms with Gasteiger partial charge in [-0.1, -0.05) is 24.3 Å². The number of methoxy groups -OCH3 is 1. The third-order valence-corrected chi connectivity index (χ3v) is 5.38. The first-order valence-corrected chi connectivity index (χ1v) is 8.34. The van der Waals surface area contributed by atoms with E-state index in [1.54, 1.807) is 6.20 Å². The van der Waals surface area contributed by atoms with Crippen LogP contribution in [0.5, 0.6) is 0 Å². The fourth-order valence-electron chi connectivity index (χ4n) is 2.70. The van der Waals surface area contributed by atoms with Gasteiger partial charge >= 0.3 is 5.97 Å². The minimum atomic E-state index is -3.56. The summed E-state index contributed by atoms with van der Waals surface area (Å²) in [6.45, 7) is 0.185. The van der Waals surface area contributed by atoms with Gasteiger partial charge in [-0.25, -0.2) is 8.42 Å². The highest BCUT2D eigenvalue weighted by Gasteiger charge is 2.36. The lowest BCUT2D eigenvalue weighted by atomic mass is 10.0. The second kappa shape index (κ2) is 5.58. The number of ether oxygens (including phenoxy) is 1. The molecule has 116 valence electrons. The number of rotatable bonds is 4. The monoisotopic (exact) mass is 320 g/mol. The molecule has 0 radical (unpaired) electrons. The summed E-state index contributed by atoms with van der Waals surface area (Å²) in [5.41, 5.74) is 1.83. The van der Waals surface area contributed by atoms with Gasteiger partial charge in [0.25, 0.3) is 0 Å². The molecule has 2 aromatic rings. The maximum atomic E-state index is 12.1. The van der Waals surface area contributed by atoms with Gasteiger partial charge in [0, 0.05) is 35.5 Å². The SMILES string of the molecule is COC(=O)[C@H](Cc1c[nH]c2ccccc12)N1CC=CS1(=O)=O. The van der Waals surface area contributed by atoms with Gasteiger partial charge in [-0.05, 0) is 11.6 Å². The Morgan fingerprint density at radius 3 is 2.86 bits per heavy atom. The van der Waals surface area contributed by atoms with Crippen LogP contribution in [0.3, 0.4) is 0 Å². The van der Waals surface area contributed by atoms with Gasteiger partial charge < -0.3 is 9.72 Å². The van der Waals surface area contributed by atoms with Crippen molar-refractivity contribution in [2.75, 3.05) is 13.7 Å². The minimum absolute atomic E-state index is 0.185. The number of carbonyl (C=O) groups excluding carboxylic acids is 1. The van der Waals surface area contributed by atoms with Gasteiger partial charge in [-0.3, -0.25) is 4.79 Å². The van der Waals surface area contributed by atoms with Crippen molar-refractivity contribution in [3.05, 3.63) is 47.5 Å². The normalized spacial score (nSPS) is 18.6. The van der Waals surface area contributed by atoms with Crippen LogP contribution < -0.4 is 0 Å². The van der Waals surface area contributed by atoms with Gasteiger partial charge in [0.2, 0.25) is 10.0 Å². The number of hydrogen-bond acceptors (Lipinski definition) is 4. The van der Waals surface area contributed by atoms with Crippen molar-refractivity contribution in [2.45, 2.75) is 12.5 Å². The number of H-pyrrole nitrogens is 1. The Bertz CT molecular complexity index is 838. The maximum Gasteiger partial charge on any atom is 0.324 e. The lowest BCUT2D eigenvalue weighted by Gasteiger charge is -2.23. The molecule has 0 bridgehead atoms. The van der Waals surface area contributed by atoms with Crippen LogP contribution in [-0.4, -0.2) is 43.4 Å². The Hall–Kier alpha value is -2.12. The van der Waals surface area contributed by atoms with Crippen LogP contribution in [-0.2, 0) is 26.0 Å². The molecule has 0 spiro atoms. The van der Waals surface area contributed by atoms with E-state index in [1.807, 2.05) is 24.3 Å². The summed E-state index contributed by atoms with van der Waals surface area (Å²) >= 11 is 0. The average molecular weight is 320 g/mol. The number of aromatic amines is 1. The van der Waals surface area contributed by atoms with Crippen molar-refractivity contribution >= 4 is 26.9 Å². The molecule has 1 aromatic heterocycles. The molecule has 1 N–H and O–H groups in total. The predicted octanol–water partition coefficient (Wildman–Crippen LogP) is 1.41. The Morgan fingerprint density at radius 2 is 2.18 bits per heavy atom. The Labute approximate surface area is 128 Å². The molecule has 0 fully saturated rings. The molecule has 1 aromatic carbocycles. The molecule has 1 atom stereocenters. The number of nitrogens with one attached hydrogen (secondary N) is 1. The largest absolute Gasteiger partial charge is 0.468 e. The van der Waals surface area contributed by atoms with E-state index in [-0.39, 0.29) is 13.0 Å². The number of para-hydroxylation sites is 1. The molecular formula is C15H16N2O4S. The van der Waals surface area contributed by atoms with Gasteiger partial charge in [0.1, 0.15) is 6.04 Å². The van der Waals surface area contributed by atoms with Gasteiger partial charge in [0.15, 0.2) is 0 Å². The van der Waals surface area contributed by atoms with Crippen molar-refractivity contribution in [1.82, 2.24) is 9.29 Å². The average Bonchev–Trinajstić information content (AvgIpc) is 3.07.